The molecule has 4 aliphatic rings. The molecule has 1 heteroatoms. The summed E-state index contributed by atoms with van der Waals surface area (Å²) in [6.07, 6.45) is 16.7. The first-order valence-corrected chi connectivity index (χ1v) is 18.9. The quantitative estimate of drug-likeness (QED) is 0.358. The molecule has 35 heavy (non-hydrogen) atoms. The van der Waals surface area contributed by atoms with E-state index in [1.165, 1.54) is 56.9 Å². The first-order chi connectivity index (χ1) is 16.6. The molecule has 0 nitrogen and oxygen atoms in total. The van der Waals surface area contributed by atoms with E-state index in [2.05, 4.69) is 72.0 Å². The van der Waals surface area contributed by atoms with Crippen LogP contribution in [0, 0.1) is 35.5 Å². The van der Waals surface area contributed by atoms with Crippen molar-refractivity contribution in [3.63, 3.8) is 0 Å². The van der Waals surface area contributed by atoms with Crippen LogP contribution in [0.2, 0.25) is 24.2 Å². The molecule has 0 saturated heterocycles. The van der Waals surface area contributed by atoms with Gasteiger partial charge in [0.2, 0.25) is 0 Å². The zero-order valence-electron chi connectivity index (χ0n) is 24.3. The summed E-state index contributed by atoms with van der Waals surface area (Å²) in [6.45, 7) is 18.0. The second kappa shape index (κ2) is 9.96. The minimum atomic E-state index is -1.35. The van der Waals surface area contributed by atoms with Crippen molar-refractivity contribution >= 4 is 8.07 Å². The predicted octanol–water partition coefficient (Wildman–Crippen LogP) is 10.6. The third-order valence-corrected chi connectivity index (χ3v) is 17.4. The van der Waals surface area contributed by atoms with Gasteiger partial charge in [-0.25, -0.2) is 0 Å². The molecule has 4 fully saturated rings. The van der Waals surface area contributed by atoms with Gasteiger partial charge < -0.3 is 0 Å². The average Bonchev–Trinajstić information content (AvgIpc) is 3.37. The van der Waals surface area contributed by atoms with Gasteiger partial charge >= 0.3 is 0 Å². The van der Waals surface area contributed by atoms with E-state index in [1.807, 2.05) is 0 Å². The lowest BCUT2D eigenvalue weighted by atomic mass is 9.70. The maximum Gasteiger partial charge on any atom is 0.0544 e. The largest absolute Gasteiger partial charge is 0.0689 e. The molecule has 0 radical (unpaired) electrons. The molecule has 0 heterocycles. The van der Waals surface area contributed by atoms with Crippen molar-refractivity contribution in [2.45, 2.75) is 141 Å². The van der Waals surface area contributed by atoms with E-state index >= 15 is 0 Å². The summed E-state index contributed by atoms with van der Waals surface area (Å²) in [7, 11) is -1.35. The molecule has 0 aliphatic heterocycles. The lowest BCUT2D eigenvalue weighted by Gasteiger charge is -2.47. The van der Waals surface area contributed by atoms with Crippen molar-refractivity contribution < 1.29 is 0 Å². The van der Waals surface area contributed by atoms with Gasteiger partial charge in [0.05, 0.1) is 8.07 Å². The molecule has 5 rings (SSSR count). The van der Waals surface area contributed by atoms with E-state index in [1.54, 1.807) is 24.8 Å². The molecule has 196 valence electrons. The Morgan fingerprint density at radius 3 is 2.11 bits per heavy atom. The standard InChI is InChI=1S/C34H56Si/c1-8-12-25-22-32(29-14-10-9-13-28(25)29)35(6,7)33-23(2)21-31-27(15-11-16-30(31)33)24-17-19-26(20-18-24)34(3,4)5/h17-20,23,25,27-33H,8-16,21-22H2,1-7H3. The molecular weight excluding hydrogens is 436 g/mol. The highest BCUT2D eigenvalue weighted by molar-refractivity contribution is 6.80. The SMILES string of the molecule is CCCC1CC([Si](C)(C)C2C(C)CC3C(c4ccc(C(C)(C)C)cc4)CCCC32)C2CCCCC12. The second-order valence-electron chi connectivity index (χ2n) is 15.3. The van der Waals surface area contributed by atoms with E-state index in [-0.39, 0.29) is 5.41 Å². The Kier molecular flexibility index (Phi) is 7.41. The van der Waals surface area contributed by atoms with Crippen molar-refractivity contribution in [2.75, 3.05) is 0 Å². The van der Waals surface area contributed by atoms with Crippen molar-refractivity contribution in [3.8, 4) is 0 Å². The van der Waals surface area contributed by atoms with E-state index < -0.39 is 8.07 Å². The Hall–Kier alpha value is -0.563. The number of rotatable bonds is 5. The van der Waals surface area contributed by atoms with Gasteiger partial charge in [-0.15, -0.1) is 0 Å². The Balaban J connectivity index is 1.38. The molecule has 9 unspecified atom stereocenters. The molecule has 4 saturated carbocycles. The Morgan fingerprint density at radius 2 is 1.46 bits per heavy atom. The van der Waals surface area contributed by atoms with Crippen LogP contribution in [0.5, 0.6) is 0 Å². The number of hydrogen-bond donors (Lipinski definition) is 0. The molecule has 0 amide bonds. The number of fused-ring (bicyclic) bond motifs is 2. The summed E-state index contributed by atoms with van der Waals surface area (Å²) in [5.41, 5.74) is 5.59. The van der Waals surface area contributed by atoms with Crippen molar-refractivity contribution in [3.05, 3.63) is 35.4 Å². The Morgan fingerprint density at radius 1 is 0.800 bits per heavy atom. The molecule has 4 aliphatic carbocycles. The highest BCUT2D eigenvalue weighted by Crippen LogP contribution is 2.66. The molecule has 0 bridgehead atoms. The monoisotopic (exact) mass is 492 g/mol. The van der Waals surface area contributed by atoms with E-state index in [4.69, 9.17) is 0 Å². The third kappa shape index (κ3) is 4.75. The van der Waals surface area contributed by atoms with Crippen LogP contribution < -0.4 is 0 Å². The van der Waals surface area contributed by atoms with Crippen LogP contribution in [-0.4, -0.2) is 8.07 Å². The molecule has 0 N–H and O–H groups in total. The van der Waals surface area contributed by atoms with Crippen LogP contribution in [0.25, 0.3) is 0 Å². The third-order valence-electron chi connectivity index (χ3n) is 12.1. The molecule has 1 aromatic rings. The average molecular weight is 493 g/mol. The van der Waals surface area contributed by atoms with Gasteiger partial charge in [-0.3, -0.25) is 0 Å². The van der Waals surface area contributed by atoms with E-state index in [0.717, 1.165) is 52.5 Å². The van der Waals surface area contributed by atoms with Crippen LogP contribution in [-0.2, 0) is 5.41 Å². The van der Waals surface area contributed by atoms with E-state index in [0.29, 0.717) is 0 Å². The topological polar surface area (TPSA) is 0 Å². The fourth-order valence-corrected chi connectivity index (χ4v) is 16.8. The minimum Gasteiger partial charge on any atom is -0.0689 e. The van der Waals surface area contributed by atoms with Gasteiger partial charge in [0.15, 0.2) is 0 Å². The first-order valence-electron chi connectivity index (χ1n) is 15.7. The summed E-state index contributed by atoms with van der Waals surface area (Å²) in [5, 5.41) is 0. The fourth-order valence-electron chi connectivity index (χ4n) is 10.8. The summed E-state index contributed by atoms with van der Waals surface area (Å²) >= 11 is 0. The normalized spacial score (nSPS) is 39.9. The summed E-state index contributed by atoms with van der Waals surface area (Å²) in [6, 6.07) is 9.94. The Labute approximate surface area is 219 Å². The summed E-state index contributed by atoms with van der Waals surface area (Å²) in [5.74, 6) is 6.99. The molecular formula is C34H56Si. The van der Waals surface area contributed by atoms with Gasteiger partial charge in [0.25, 0.3) is 0 Å². The molecule has 0 aromatic heterocycles. The number of hydrogen-bond acceptors (Lipinski definition) is 0. The molecule has 1 aromatic carbocycles. The maximum atomic E-state index is 2.89. The Bertz CT molecular complexity index is 844. The van der Waals surface area contributed by atoms with Crippen LogP contribution >= 0.6 is 0 Å². The number of benzene rings is 1. The van der Waals surface area contributed by atoms with Gasteiger partial charge in [0, 0.05) is 0 Å². The smallest absolute Gasteiger partial charge is 0.0544 e. The first kappa shape index (κ1) is 26.1. The maximum absolute atomic E-state index is 2.89. The summed E-state index contributed by atoms with van der Waals surface area (Å²) < 4.78 is 0. The zero-order chi connectivity index (χ0) is 25.0. The fraction of sp³-hybridized carbons (Fsp3) is 0.824. The highest BCUT2D eigenvalue weighted by Gasteiger charge is 2.58. The van der Waals surface area contributed by atoms with Gasteiger partial charge in [0.1, 0.15) is 0 Å². The summed E-state index contributed by atoms with van der Waals surface area (Å²) in [4.78, 5) is 0. The van der Waals surface area contributed by atoms with Gasteiger partial charge in [-0.05, 0) is 94.7 Å². The van der Waals surface area contributed by atoms with Gasteiger partial charge in [-0.2, -0.15) is 0 Å². The van der Waals surface area contributed by atoms with Gasteiger partial charge in [-0.1, -0.05) is 117 Å². The van der Waals surface area contributed by atoms with E-state index in [9.17, 15) is 0 Å². The second-order valence-corrected chi connectivity index (χ2v) is 20.4. The van der Waals surface area contributed by atoms with Crippen LogP contribution in [0.15, 0.2) is 24.3 Å². The molecule has 0 spiro atoms. The minimum absolute atomic E-state index is 0.254. The zero-order valence-corrected chi connectivity index (χ0v) is 25.3. The highest BCUT2D eigenvalue weighted by atomic mass is 28.3. The molecule has 9 atom stereocenters. The van der Waals surface area contributed by atoms with Crippen LogP contribution in [0.3, 0.4) is 0 Å². The van der Waals surface area contributed by atoms with Crippen LogP contribution in [0.1, 0.15) is 122 Å². The predicted molar refractivity (Wildman–Crippen MR) is 156 cm³/mol. The van der Waals surface area contributed by atoms with Crippen molar-refractivity contribution in [1.29, 1.82) is 0 Å². The van der Waals surface area contributed by atoms with Crippen molar-refractivity contribution in [1.82, 2.24) is 0 Å². The van der Waals surface area contributed by atoms with Crippen LogP contribution in [0.4, 0.5) is 0 Å². The lowest BCUT2D eigenvalue weighted by Crippen LogP contribution is -2.45. The van der Waals surface area contributed by atoms with Crippen molar-refractivity contribution in [2.24, 2.45) is 35.5 Å². The lowest BCUT2D eigenvalue weighted by molar-refractivity contribution is 0.217.